The number of fused-ring (bicyclic) bond motifs is 1. The first kappa shape index (κ1) is 21.6. The Hall–Kier alpha value is -3.06. The molecule has 0 fully saturated rings. The summed E-state index contributed by atoms with van der Waals surface area (Å²) in [5, 5.41) is 4.82. The largest absolute Gasteiger partial charge is 0.491 e. The third-order valence-corrected chi connectivity index (χ3v) is 6.09. The number of carbonyl (C=O) groups is 1. The number of nitrogens with one attached hydrogen (secondary N) is 1. The fraction of sp³-hybridized carbons (Fsp3) is 0.261. The van der Waals surface area contributed by atoms with Gasteiger partial charge in [-0.2, -0.15) is 0 Å². The van der Waals surface area contributed by atoms with Gasteiger partial charge in [-0.25, -0.2) is 8.42 Å². The molecule has 0 aliphatic carbocycles. The molecule has 3 rings (SSSR count). The van der Waals surface area contributed by atoms with Crippen molar-refractivity contribution in [3.8, 4) is 5.75 Å². The third kappa shape index (κ3) is 5.10. The maximum Gasteiger partial charge on any atom is 0.240 e. The Morgan fingerprint density at radius 3 is 2.47 bits per heavy atom. The molecule has 158 valence electrons. The van der Waals surface area contributed by atoms with E-state index in [-0.39, 0.29) is 25.6 Å². The Morgan fingerprint density at radius 2 is 1.70 bits per heavy atom. The van der Waals surface area contributed by atoms with Gasteiger partial charge in [-0.3, -0.25) is 9.10 Å². The number of ether oxygens (including phenoxy) is 1. The van der Waals surface area contributed by atoms with Gasteiger partial charge in [0.05, 0.1) is 18.5 Å². The highest BCUT2D eigenvalue weighted by Crippen LogP contribution is 2.25. The molecule has 0 saturated heterocycles. The van der Waals surface area contributed by atoms with Gasteiger partial charge < -0.3 is 10.1 Å². The van der Waals surface area contributed by atoms with Crippen LogP contribution in [0.5, 0.6) is 5.75 Å². The number of amides is 1. The highest BCUT2D eigenvalue weighted by molar-refractivity contribution is 7.92. The van der Waals surface area contributed by atoms with Crippen LogP contribution in [-0.2, 0) is 14.8 Å². The molecule has 3 aromatic carbocycles. The molecule has 0 aliphatic heterocycles. The van der Waals surface area contributed by atoms with E-state index in [0.29, 0.717) is 5.69 Å². The van der Waals surface area contributed by atoms with Gasteiger partial charge in [0.15, 0.2) is 0 Å². The normalized spacial score (nSPS) is 11.3. The van der Waals surface area contributed by atoms with Crippen molar-refractivity contribution in [2.24, 2.45) is 0 Å². The third-order valence-electron chi connectivity index (χ3n) is 4.96. The molecule has 0 bridgehead atoms. The number of hydrogen-bond donors (Lipinski definition) is 1. The standard InChI is InChI=1S/C23H26N2O4S/c1-17-8-6-12-21(18(17)2)25(30(3,27)28)16-23(26)24-14-15-29-22-13-7-10-19-9-4-5-11-20(19)22/h4-13H,14-16H2,1-3H3,(H,24,26). The summed E-state index contributed by atoms with van der Waals surface area (Å²) >= 11 is 0. The van der Waals surface area contributed by atoms with Gasteiger partial charge in [0.25, 0.3) is 0 Å². The Balaban J connectivity index is 1.60. The molecule has 1 N–H and O–H groups in total. The van der Waals surface area contributed by atoms with Crippen molar-refractivity contribution < 1.29 is 17.9 Å². The van der Waals surface area contributed by atoms with Crippen LogP contribution in [0, 0.1) is 13.8 Å². The van der Waals surface area contributed by atoms with Crippen molar-refractivity contribution in [2.75, 3.05) is 30.3 Å². The van der Waals surface area contributed by atoms with Crippen LogP contribution in [0.1, 0.15) is 11.1 Å². The second-order valence-corrected chi connectivity index (χ2v) is 9.07. The lowest BCUT2D eigenvalue weighted by Crippen LogP contribution is -2.41. The number of rotatable bonds is 8. The predicted molar refractivity (Wildman–Crippen MR) is 121 cm³/mol. The van der Waals surface area contributed by atoms with E-state index in [1.165, 1.54) is 0 Å². The number of anilines is 1. The first-order valence-electron chi connectivity index (χ1n) is 9.68. The second-order valence-electron chi connectivity index (χ2n) is 7.16. The zero-order valence-corrected chi connectivity index (χ0v) is 18.2. The van der Waals surface area contributed by atoms with E-state index in [0.717, 1.165) is 38.2 Å². The molecule has 0 saturated carbocycles. The highest BCUT2D eigenvalue weighted by atomic mass is 32.2. The molecule has 0 spiro atoms. The van der Waals surface area contributed by atoms with E-state index >= 15 is 0 Å². The predicted octanol–water partition coefficient (Wildman–Crippen LogP) is 3.42. The average Bonchev–Trinajstić information content (AvgIpc) is 2.71. The quantitative estimate of drug-likeness (QED) is 0.560. The van der Waals surface area contributed by atoms with E-state index in [4.69, 9.17) is 4.74 Å². The second kappa shape index (κ2) is 9.17. The minimum atomic E-state index is -3.61. The lowest BCUT2D eigenvalue weighted by molar-refractivity contribution is -0.119. The molecule has 0 heterocycles. The Morgan fingerprint density at radius 1 is 1.00 bits per heavy atom. The van der Waals surface area contributed by atoms with E-state index in [1.54, 1.807) is 12.1 Å². The van der Waals surface area contributed by atoms with Gasteiger partial charge in [-0.1, -0.05) is 48.5 Å². The van der Waals surface area contributed by atoms with Crippen LogP contribution in [0.2, 0.25) is 0 Å². The molecular formula is C23H26N2O4S. The van der Waals surface area contributed by atoms with Crippen LogP contribution in [0.4, 0.5) is 5.69 Å². The minimum Gasteiger partial charge on any atom is -0.491 e. The molecule has 0 aliphatic rings. The topological polar surface area (TPSA) is 75.7 Å². The van der Waals surface area contributed by atoms with Crippen LogP contribution >= 0.6 is 0 Å². The fourth-order valence-electron chi connectivity index (χ4n) is 3.25. The van der Waals surface area contributed by atoms with Gasteiger partial charge in [0.1, 0.15) is 18.9 Å². The zero-order chi connectivity index (χ0) is 21.7. The molecule has 0 unspecified atom stereocenters. The average molecular weight is 427 g/mol. The number of hydrogen-bond acceptors (Lipinski definition) is 4. The van der Waals surface area contributed by atoms with Crippen molar-refractivity contribution >= 4 is 32.4 Å². The monoisotopic (exact) mass is 426 g/mol. The highest BCUT2D eigenvalue weighted by Gasteiger charge is 2.22. The van der Waals surface area contributed by atoms with E-state index < -0.39 is 10.0 Å². The maximum atomic E-state index is 12.4. The number of benzene rings is 3. The van der Waals surface area contributed by atoms with Crippen LogP contribution in [0.25, 0.3) is 10.8 Å². The van der Waals surface area contributed by atoms with Crippen LogP contribution in [0.15, 0.2) is 60.7 Å². The van der Waals surface area contributed by atoms with Crippen molar-refractivity contribution in [3.63, 3.8) is 0 Å². The summed E-state index contributed by atoms with van der Waals surface area (Å²) in [5.74, 6) is 0.360. The summed E-state index contributed by atoms with van der Waals surface area (Å²) in [6.07, 6.45) is 1.10. The molecule has 0 aromatic heterocycles. The molecule has 0 atom stereocenters. The summed E-state index contributed by atoms with van der Waals surface area (Å²) in [6, 6.07) is 19.1. The number of aryl methyl sites for hydroxylation is 1. The number of carbonyl (C=O) groups excluding carboxylic acids is 1. The summed E-state index contributed by atoms with van der Waals surface area (Å²) in [7, 11) is -3.61. The molecule has 30 heavy (non-hydrogen) atoms. The van der Waals surface area contributed by atoms with E-state index in [9.17, 15) is 13.2 Å². The maximum absolute atomic E-state index is 12.4. The Labute approximate surface area is 177 Å². The number of sulfonamides is 1. The van der Waals surface area contributed by atoms with Gasteiger partial charge in [0.2, 0.25) is 15.9 Å². The smallest absolute Gasteiger partial charge is 0.240 e. The van der Waals surface area contributed by atoms with Crippen molar-refractivity contribution in [3.05, 3.63) is 71.8 Å². The van der Waals surface area contributed by atoms with Crippen LogP contribution < -0.4 is 14.4 Å². The first-order valence-corrected chi connectivity index (χ1v) is 11.5. The molecule has 7 heteroatoms. The van der Waals surface area contributed by atoms with Crippen LogP contribution in [0.3, 0.4) is 0 Å². The molecule has 3 aromatic rings. The summed E-state index contributed by atoms with van der Waals surface area (Å²) < 4.78 is 31.5. The molecule has 6 nitrogen and oxygen atoms in total. The van der Waals surface area contributed by atoms with E-state index in [1.807, 2.05) is 62.4 Å². The van der Waals surface area contributed by atoms with E-state index in [2.05, 4.69) is 5.32 Å². The molecule has 1 amide bonds. The lowest BCUT2D eigenvalue weighted by atomic mass is 10.1. The minimum absolute atomic E-state index is 0.270. The fourth-order valence-corrected chi connectivity index (χ4v) is 4.15. The lowest BCUT2D eigenvalue weighted by Gasteiger charge is -2.24. The van der Waals surface area contributed by atoms with Crippen molar-refractivity contribution in [1.29, 1.82) is 0 Å². The van der Waals surface area contributed by atoms with Gasteiger partial charge in [-0.05, 0) is 42.5 Å². The van der Waals surface area contributed by atoms with Crippen molar-refractivity contribution in [1.82, 2.24) is 5.32 Å². The first-order chi connectivity index (χ1) is 14.3. The molecule has 0 radical (unpaired) electrons. The summed E-state index contributed by atoms with van der Waals surface area (Å²) in [4.78, 5) is 12.4. The Kier molecular flexibility index (Phi) is 6.62. The number of nitrogens with zero attached hydrogens (tertiary/aromatic N) is 1. The van der Waals surface area contributed by atoms with Crippen molar-refractivity contribution in [2.45, 2.75) is 13.8 Å². The van der Waals surface area contributed by atoms with Gasteiger partial charge in [0, 0.05) is 5.39 Å². The van der Waals surface area contributed by atoms with Gasteiger partial charge >= 0.3 is 0 Å². The summed E-state index contributed by atoms with van der Waals surface area (Å²) in [6.45, 7) is 4.02. The Bertz CT molecular complexity index is 1150. The summed E-state index contributed by atoms with van der Waals surface area (Å²) in [5.41, 5.74) is 2.31. The SMILES string of the molecule is Cc1cccc(N(CC(=O)NCCOc2cccc3ccccc23)S(C)(=O)=O)c1C. The molecular weight excluding hydrogens is 400 g/mol. The zero-order valence-electron chi connectivity index (χ0n) is 17.4. The van der Waals surface area contributed by atoms with Gasteiger partial charge in [-0.15, -0.1) is 0 Å². The van der Waals surface area contributed by atoms with Crippen LogP contribution in [-0.4, -0.2) is 40.3 Å².